The number of halogens is 1. The Hall–Kier alpha value is -2.75. The van der Waals surface area contributed by atoms with Crippen molar-refractivity contribution in [2.75, 3.05) is 0 Å². The van der Waals surface area contributed by atoms with Crippen molar-refractivity contribution in [2.45, 2.75) is 27.3 Å². The van der Waals surface area contributed by atoms with E-state index in [2.05, 4.69) is 24.2 Å². The predicted molar refractivity (Wildman–Crippen MR) is 93.6 cm³/mol. The molecule has 0 atom stereocenters. The molecule has 0 radical (unpaired) electrons. The molecule has 0 N–H and O–H groups in total. The summed E-state index contributed by atoms with van der Waals surface area (Å²) in [7, 11) is 0. The lowest BCUT2D eigenvalue weighted by molar-refractivity contribution is 0.573. The molecule has 0 bridgehead atoms. The highest BCUT2D eigenvalue weighted by Crippen LogP contribution is 2.24. The first-order chi connectivity index (χ1) is 11.5. The van der Waals surface area contributed by atoms with E-state index in [1.165, 1.54) is 27.9 Å². The summed E-state index contributed by atoms with van der Waals surface area (Å²) in [6, 6.07) is 13.8. The molecule has 2 aromatic carbocycles. The molecule has 1 heterocycles. The maximum atomic E-state index is 13.8. The van der Waals surface area contributed by atoms with Gasteiger partial charge in [-0.3, -0.25) is 4.79 Å². The molecule has 122 valence electrons. The van der Waals surface area contributed by atoms with Crippen LogP contribution in [-0.4, -0.2) is 9.78 Å². The van der Waals surface area contributed by atoms with Crippen molar-refractivity contribution >= 4 is 0 Å². The molecule has 3 aromatic rings. The minimum atomic E-state index is -0.334. The second-order valence-electron chi connectivity index (χ2n) is 6.06. The Bertz CT molecular complexity index is 960. The molecule has 0 spiro atoms. The summed E-state index contributed by atoms with van der Waals surface area (Å²) < 4.78 is 15.2. The molecule has 0 saturated carbocycles. The smallest absolute Gasteiger partial charge is 0.267 e. The van der Waals surface area contributed by atoms with Crippen LogP contribution < -0.4 is 5.56 Å². The molecule has 3 nitrogen and oxygen atoms in total. The van der Waals surface area contributed by atoms with Crippen molar-refractivity contribution in [2.24, 2.45) is 0 Å². The van der Waals surface area contributed by atoms with E-state index < -0.39 is 0 Å². The van der Waals surface area contributed by atoms with Gasteiger partial charge in [-0.2, -0.15) is 5.10 Å². The summed E-state index contributed by atoms with van der Waals surface area (Å²) in [6.07, 6.45) is 0. The molecule has 0 aliphatic heterocycles. The minimum absolute atomic E-state index is 0.114. The first-order valence-corrected chi connectivity index (χ1v) is 7.85. The maximum absolute atomic E-state index is 13.8. The van der Waals surface area contributed by atoms with Crippen LogP contribution in [0.5, 0.6) is 0 Å². The third-order valence-electron chi connectivity index (χ3n) is 4.26. The number of rotatable bonds is 3. The van der Waals surface area contributed by atoms with Gasteiger partial charge in [0.1, 0.15) is 5.82 Å². The quantitative estimate of drug-likeness (QED) is 0.730. The summed E-state index contributed by atoms with van der Waals surface area (Å²) in [4.78, 5) is 12.1. The van der Waals surface area contributed by atoms with Crippen molar-refractivity contribution < 1.29 is 4.39 Å². The molecule has 0 fully saturated rings. The Labute approximate surface area is 140 Å². The van der Waals surface area contributed by atoms with Gasteiger partial charge in [-0.15, -0.1) is 0 Å². The second-order valence-corrected chi connectivity index (χ2v) is 6.06. The second kappa shape index (κ2) is 6.40. The Balaban J connectivity index is 2.06. The lowest BCUT2D eigenvalue weighted by Gasteiger charge is -2.12. The summed E-state index contributed by atoms with van der Waals surface area (Å²) in [5, 5.41) is 4.45. The van der Waals surface area contributed by atoms with Gasteiger partial charge in [0.25, 0.3) is 5.56 Å². The fourth-order valence-corrected chi connectivity index (χ4v) is 2.73. The highest BCUT2D eigenvalue weighted by atomic mass is 19.1. The Morgan fingerprint density at radius 1 is 0.958 bits per heavy atom. The summed E-state index contributed by atoms with van der Waals surface area (Å²) >= 11 is 0. The summed E-state index contributed by atoms with van der Waals surface area (Å²) in [6.45, 7) is 6.26. The zero-order valence-corrected chi connectivity index (χ0v) is 14.0. The largest absolute Gasteiger partial charge is 0.268 e. The number of benzene rings is 2. The van der Waals surface area contributed by atoms with Crippen LogP contribution in [0.1, 0.15) is 22.3 Å². The Morgan fingerprint density at radius 3 is 2.42 bits per heavy atom. The van der Waals surface area contributed by atoms with Crippen LogP contribution in [-0.2, 0) is 6.54 Å². The first-order valence-electron chi connectivity index (χ1n) is 7.85. The summed E-state index contributed by atoms with van der Waals surface area (Å²) in [5.74, 6) is -0.334. The molecule has 0 saturated heterocycles. The van der Waals surface area contributed by atoms with Gasteiger partial charge in [-0.25, -0.2) is 9.07 Å². The highest BCUT2D eigenvalue weighted by Gasteiger charge is 2.10. The van der Waals surface area contributed by atoms with E-state index in [-0.39, 0.29) is 17.9 Å². The zero-order valence-electron chi connectivity index (χ0n) is 14.0. The SMILES string of the molecule is Cc1cc(C)c(-c2ccc(=O)n(Cc3ccccc3F)n2)cc1C. The molecule has 1 aromatic heterocycles. The van der Waals surface area contributed by atoms with Gasteiger partial charge >= 0.3 is 0 Å². The number of aryl methyl sites for hydroxylation is 3. The van der Waals surface area contributed by atoms with Gasteiger partial charge in [0.05, 0.1) is 12.2 Å². The van der Waals surface area contributed by atoms with E-state index in [0.717, 1.165) is 11.1 Å². The fourth-order valence-electron chi connectivity index (χ4n) is 2.73. The van der Waals surface area contributed by atoms with Crippen LogP contribution in [0, 0.1) is 26.6 Å². The average Bonchev–Trinajstić information content (AvgIpc) is 2.55. The van der Waals surface area contributed by atoms with Crippen molar-refractivity contribution in [1.29, 1.82) is 0 Å². The van der Waals surface area contributed by atoms with Crippen LogP contribution in [0.3, 0.4) is 0 Å². The molecule has 0 unspecified atom stereocenters. The first kappa shape index (κ1) is 16.1. The summed E-state index contributed by atoms with van der Waals surface area (Å²) in [5.41, 5.74) is 5.39. The van der Waals surface area contributed by atoms with Gasteiger partial charge in [0, 0.05) is 17.2 Å². The van der Waals surface area contributed by atoms with Gasteiger partial charge in [-0.05, 0) is 55.7 Å². The molecular formula is C20H19FN2O. The van der Waals surface area contributed by atoms with Crippen molar-refractivity contribution in [3.05, 3.63) is 87.0 Å². The van der Waals surface area contributed by atoms with Gasteiger partial charge in [0.2, 0.25) is 0 Å². The molecular weight excluding hydrogens is 303 g/mol. The van der Waals surface area contributed by atoms with E-state index in [4.69, 9.17) is 0 Å². The van der Waals surface area contributed by atoms with Crippen LogP contribution in [0.2, 0.25) is 0 Å². The molecule has 0 amide bonds. The van der Waals surface area contributed by atoms with E-state index in [9.17, 15) is 9.18 Å². The Morgan fingerprint density at radius 2 is 1.67 bits per heavy atom. The Kier molecular flexibility index (Phi) is 4.30. The van der Waals surface area contributed by atoms with Gasteiger partial charge in [0.15, 0.2) is 0 Å². The monoisotopic (exact) mass is 322 g/mol. The lowest BCUT2D eigenvalue weighted by atomic mass is 9.99. The van der Waals surface area contributed by atoms with Crippen molar-refractivity contribution in [3.63, 3.8) is 0 Å². The highest BCUT2D eigenvalue weighted by molar-refractivity contribution is 5.64. The molecule has 3 rings (SSSR count). The predicted octanol–water partition coefficient (Wildman–Crippen LogP) is 4.02. The standard InChI is InChI=1S/C20H19FN2O/c1-13-10-15(3)17(11-14(13)2)19-8-9-20(24)23(22-19)12-16-6-4-5-7-18(16)21/h4-11H,12H2,1-3H3. The lowest BCUT2D eigenvalue weighted by Crippen LogP contribution is -2.23. The number of hydrogen-bond donors (Lipinski definition) is 0. The van der Waals surface area contributed by atoms with E-state index >= 15 is 0 Å². The van der Waals surface area contributed by atoms with Gasteiger partial charge in [-0.1, -0.05) is 24.3 Å². The van der Waals surface area contributed by atoms with Crippen LogP contribution in [0.15, 0.2) is 53.3 Å². The van der Waals surface area contributed by atoms with Gasteiger partial charge < -0.3 is 0 Å². The third-order valence-corrected chi connectivity index (χ3v) is 4.26. The number of hydrogen-bond acceptors (Lipinski definition) is 2. The maximum Gasteiger partial charge on any atom is 0.267 e. The number of nitrogens with zero attached hydrogens (tertiary/aromatic N) is 2. The topological polar surface area (TPSA) is 34.9 Å². The third kappa shape index (κ3) is 3.13. The zero-order chi connectivity index (χ0) is 17.3. The van der Waals surface area contributed by atoms with Crippen molar-refractivity contribution in [3.8, 4) is 11.3 Å². The molecule has 0 aliphatic rings. The van der Waals surface area contributed by atoms with E-state index in [1.54, 1.807) is 24.3 Å². The van der Waals surface area contributed by atoms with Crippen LogP contribution in [0.4, 0.5) is 4.39 Å². The molecule has 24 heavy (non-hydrogen) atoms. The average molecular weight is 322 g/mol. The minimum Gasteiger partial charge on any atom is -0.268 e. The normalized spacial score (nSPS) is 10.8. The number of aromatic nitrogens is 2. The molecule has 0 aliphatic carbocycles. The van der Waals surface area contributed by atoms with E-state index in [0.29, 0.717) is 11.3 Å². The van der Waals surface area contributed by atoms with Crippen LogP contribution >= 0.6 is 0 Å². The van der Waals surface area contributed by atoms with Crippen LogP contribution in [0.25, 0.3) is 11.3 Å². The van der Waals surface area contributed by atoms with Crippen molar-refractivity contribution in [1.82, 2.24) is 9.78 Å². The fraction of sp³-hybridized carbons (Fsp3) is 0.200. The van der Waals surface area contributed by atoms with E-state index in [1.807, 2.05) is 13.8 Å². The molecule has 4 heteroatoms.